The molecule has 0 aliphatic heterocycles. The van der Waals surface area contributed by atoms with Crippen LogP contribution in [0, 0.1) is 13.8 Å². The van der Waals surface area contributed by atoms with Gasteiger partial charge in [0.2, 0.25) is 0 Å². The third kappa shape index (κ3) is 4.05. The topological polar surface area (TPSA) is 54.0 Å². The lowest BCUT2D eigenvalue weighted by atomic mass is 10.1. The minimum absolute atomic E-state index is 0.191. The molecule has 0 saturated carbocycles. The summed E-state index contributed by atoms with van der Waals surface area (Å²) in [6.45, 7) is 7.01. The predicted molar refractivity (Wildman–Crippen MR) is 86.9 cm³/mol. The Labute approximate surface area is 125 Å². The second-order valence-corrected chi connectivity index (χ2v) is 5.13. The number of pyridine rings is 1. The summed E-state index contributed by atoms with van der Waals surface area (Å²) in [5.41, 5.74) is 4.39. The summed E-state index contributed by atoms with van der Waals surface area (Å²) in [6.07, 6.45) is 2.74. The first kappa shape index (κ1) is 15.0. The van der Waals surface area contributed by atoms with E-state index in [4.69, 9.17) is 0 Å². The van der Waals surface area contributed by atoms with E-state index >= 15 is 0 Å². The van der Waals surface area contributed by atoms with E-state index in [2.05, 4.69) is 22.5 Å². The van der Waals surface area contributed by atoms with Crippen LogP contribution in [0.4, 0.5) is 11.4 Å². The maximum absolute atomic E-state index is 12.2. The fourth-order valence-corrected chi connectivity index (χ4v) is 2.04. The van der Waals surface area contributed by atoms with Crippen molar-refractivity contribution in [1.82, 2.24) is 4.98 Å². The average molecular weight is 283 g/mol. The van der Waals surface area contributed by atoms with Gasteiger partial charge >= 0.3 is 0 Å². The van der Waals surface area contributed by atoms with Gasteiger partial charge in [-0.15, -0.1) is 0 Å². The second-order valence-electron chi connectivity index (χ2n) is 5.13. The van der Waals surface area contributed by atoms with E-state index in [1.54, 1.807) is 12.3 Å². The van der Waals surface area contributed by atoms with E-state index < -0.39 is 0 Å². The first-order valence-corrected chi connectivity index (χ1v) is 7.18. The van der Waals surface area contributed by atoms with Crippen LogP contribution in [0.5, 0.6) is 0 Å². The zero-order chi connectivity index (χ0) is 15.2. The van der Waals surface area contributed by atoms with Crippen molar-refractivity contribution >= 4 is 17.3 Å². The lowest BCUT2D eigenvalue weighted by Gasteiger charge is -2.09. The molecule has 2 rings (SSSR count). The highest BCUT2D eigenvalue weighted by molar-refractivity contribution is 6.03. The number of nitrogens with one attached hydrogen (secondary N) is 2. The Bertz CT molecular complexity index is 620. The van der Waals surface area contributed by atoms with Crippen LogP contribution >= 0.6 is 0 Å². The molecule has 0 spiro atoms. The Kier molecular flexibility index (Phi) is 4.93. The van der Waals surface area contributed by atoms with Crippen molar-refractivity contribution in [3.05, 3.63) is 53.3 Å². The van der Waals surface area contributed by atoms with Crippen LogP contribution in [-0.4, -0.2) is 17.4 Å². The van der Waals surface area contributed by atoms with Crippen molar-refractivity contribution in [2.75, 3.05) is 17.2 Å². The molecule has 0 radical (unpaired) electrons. The number of aromatic nitrogens is 1. The SMILES string of the molecule is CCCNc1ccc(C(=O)Nc2ccc(C)cc2C)nc1. The van der Waals surface area contributed by atoms with Crippen molar-refractivity contribution in [1.29, 1.82) is 0 Å². The fraction of sp³-hybridized carbons (Fsp3) is 0.294. The summed E-state index contributed by atoms with van der Waals surface area (Å²) >= 11 is 0. The Morgan fingerprint density at radius 1 is 1.19 bits per heavy atom. The molecule has 2 N–H and O–H groups in total. The molecule has 21 heavy (non-hydrogen) atoms. The molecule has 4 heteroatoms. The zero-order valence-electron chi connectivity index (χ0n) is 12.7. The number of carbonyl (C=O) groups is 1. The molecule has 1 aromatic carbocycles. The lowest BCUT2D eigenvalue weighted by molar-refractivity contribution is 0.102. The summed E-state index contributed by atoms with van der Waals surface area (Å²) in [5.74, 6) is -0.191. The van der Waals surface area contributed by atoms with E-state index in [0.717, 1.165) is 29.9 Å². The molecule has 0 aliphatic rings. The van der Waals surface area contributed by atoms with Gasteiger partial charge in [0.25, 0.3) is 5.91 Å². The average Bonchev–Trinajstić information content (AvgIpc) is 2.48. The number of amides is 1. The highest BCUT2D eigenvalue weighted by atomic mass is 16.1. The molecule has 2 aromatic rings. The summed E-state index contributed by atoms with van der Waals surface area (Å²) in [4.78, 5) is 16.4. The Morgan fingerprint density at radius 2 is 2.00 bits per heavy atom. The monoisotopic (exact) mass is 283 g/mol. The van der Waals surface area contributed by atoms with Crippen LogP contribution in [0.2, 0.25) is 0 Å². The summed E-state index contributed by atoms with van der Waals surface area (Å²) < 4.78 is 0. The van der Waals surface area contributed by atoms with Gasteiger partial charge in [-0.3, -0.25) is 4.79 Å². The van der Waals surface area contributed by atoms with Crippen molar-refractivity contribution in [2.45, 2.75) is 27.2 Å². The minimum atomic E-state index is -0.191. The third-order valence-electron chi connectivity index (χ3n) is 3.21. The quantitative estimate of drug-likeness (QED) is 0.878. The minimum Gasteiger partial charge on any atom is -0.384 e. The van der Waals surface area contributed by atoms with Crippen molar-refractivity contribution < 1.29 is 4.79 Å². The number of rotatable bonds is 5. The number of anilines is 2. The number of carbonyl (C=O) groups excluding carboxylic acids is 1. The maximum atomic E-state index is 12.2. The van der Waals surface area contributed by atoms with Crippen LogP contribution in [0.1, 0.15) is 35.0 Å². The number of aryl methyl sites for hydroxylation is 2. The van der Waals surface area contributed by atoms with Crippen molar-refractivity contribution in [2.24, 2.45) is 0 Å². The molecule has 0 aliphatic carbocycles. The zero-order valence-corrected chi connectivity index (χ0v) is 12.7. The Balaban J connectivity index is 2.06. The first-order valence-electron chi connectivity index (χ1n) is 7.18. The molecule has 0 bridgehead atoms. The van der Waals surface area contributed by atoms with Gasteiger partial charge in [0.1, 0.15) is 5.69 Å². The molecule has 110 valence electrons. The highest BCUT2D eigenvalue weighted by Gasteiger charge is 2.09. The molecule has 1 heterocycles. The van der Waals surface area contributed by atoms with Gasteiger partial charge in [0, 0.05) is 12.2 Å². The molecule has 4 nitrogen and oxygen atoms in total. The molecular formula is C17H21N3O. The molecule has 0 fully saturated rings. The molecule has 0 atom stereocenters. The van der Waals surface area contributed by atoms with Crippen LogP contribution < -0.4 is 10.6 Å². The van der Waals surface area contributed by atoms with E-state index in [-0.39, 0.29) is 5.91 Å². The standard InChI is InChI=1S/C17H21N3O/c1-4-9-18-14-6-8-16(19-11-14)17(21)20-15-7-5-12(2)10-13(15)3/h5-8,10-11,18H,4,9H2,1-3H3,(H,20,21). The van der Waals surface area contributed by atoms with E-state index in [1.165, 1.54) is 5.56 Å². The Morgan fingerprint density at radius 3 is 2.62 bits per heavy atom. The Hall–Kier alpha value is -2.36. The molecule has 1 amide bonds. The maximum Gasteiger partial charge on any atom is 0.274 e. The van der Waals surface area contributed by atoms with E-state index in [1.807, 2.05) is 38.1 Å². The van der Waals surface area contributed by atoms with Crippen LogP contribution in [0.3, 0.4) is 0 Å². The molecule has 0 saturated heterocycles. The largest absolute Gasteiger partial charge is 0.384 e. The highest BCUT2D eigenvalue weighted by Crippen LogP contribution is 2.17. The van der Waals surface area contributed by atoms with Crippen LogP contribution in [0.25, 0.3) is 0 Å². The first-order chi connectivity index (χ1) is 10.1. The fourth-order valence-electron chi connectivity index (χ4n) is 2.04. The summed E-state index contributed by atoms with van der Waals surface area (Å²) in [5, 5.41) is 6.13. The normalized spacial score (nSPS) is 10.2. The van der Waals surface area contributed by atoms with Gasteiger partial charge in [0.05, 0.1) is 11.9 Å². The van der Waals surface area contributed by atoms with E-state index in [0.29, 0.717) is 5.69 Å². The van der Waals surface area contributed by atoms with Crippen molar-refractivity contribution in [3.8, 4) is 0 Å². The summed E-state index contributed by atoms with van der Waals surface area (Å²) in [6, 6.07) is 9.55. The van der Waals surface area contributed by atoms with Gasteiger partial charge in [-0.2, -0.15) is 0 Å². The molecular weight excluding hydrogens is 262 g/mol. The van der Waals surface area contributed by atoms with Crippen molar-refractivity contribution in [3.63, 3.8) is 0 Å². The van der Waals surface area contributed by atoms with Gasteiger partial charge < -0.3 is 10.6 Å². The van der Waals surface area contributed by atoms with Crippen LogP contribution in [0.15, 0.2) is 36.5 Å². The molecule has 1 aromatic heterocycles. The van der Waals surface area contributed by atoms with Gasteiger partial charge in [-0.25, -0.2) is 4.98 Å². The number of hydrogen-bond acceptors (Lipinski definition) is 3. The number of benzene rings is 1. The smallest absolute Gasteiger partial charge is 0.274 e. The van der Waals surface area contributed by atoms with E-state index in [9.17, 15) is 4.79 Å². The summed E-state index contributed by atoms with van der Waals surface area (Å²) in [7, 11) is 0. The van der Waals surface area contributed by atoms with Gasteiger partial charge in [-0.05, 0) is 44.0 Å². The number of hydrogen-bond donors (Lipinski definition) is 2. The predicted octanol–water partition coefficient (Wildman–Crippen LogP) is 3.77. The van der Waals surface area contributed by atoms with Crippen LogP contribution in [-0.2, 0) is 0 Å². The molecule has 0 unspecified atom stereocenters. The van der Waals surface area contributed by atoms with Gasteiger partial charge in [-0.1, -0.05) is 24.6 Å². The third-order valence-corrected chi connectivity index (χ3v) is 3.21. The lowest BCUT2D eigenvalue weighted by Crippen LogP contribution is -2.14. The second kappa shape index (κ2) is 6.88. The van der Waals surface area contributed by atoms with Gasteiger partial charge in [0.15, 0.2) is 0 Å². The number of nitrogens with zero attached hydrogens (tertiary/aromatic N) is 1.